The molecule has 1 aliphatic heterocycles. The first kappa shape index (κ1) is 16.8. The van der Waals surface area contributed by atoms with Crippen LogP contribution in [0.1, 0.15) is 0 Å². The number of halogens is 3. The quantitative estimate of drug-likeness (QED) is 0.690. The summed E-state index contributed by atoms with van der Waals surface area (Å²) in [5, 5.41) is 0. The van der Waals surface area contributed by atoms with Crippen LogP contribution in [0.4, 0.5) is 0 Å². The molecular weight excluding hydrogens is 293 g/mol. The van der Waals surface area contributed by atoms with Crippen LogP contribution in [0, 0.1) is 0 Å². The lowest BCUT2D eigenvalue weighted by atomic mass is 10.4. The van der Waals surface area contributed by atoms with Gasteiger partial charge >= 0.3 is 0 Å². The predicted octanol–water partition coefficient (Wildman–Crippen LogP) is 1.62. The van der Waals surface area contributed by atoms with E-state index in [0.717, 1.165) is 58.9 Å². The van der Waals surface area contributed by atoms with Gasteiger partial charge in [0.25, 0.3) is 0 Å². The fraction of sp³-hybridized carbons (Fsp3) is 1.00. The summed E-state index contributed by atoms with van der Waals surface area (Å²) in [6.07, 6.45) is 0. The molecule has 1 rings (SSSR count). The highest BCUT2D eigenvalue weighted by atomic mass is 35.5. The maximum Gasteiger partial charge on any atom is 0.0351 e. The van der Waals surface area contributed by atoms with E-state index in [9.17, 15) is 0 Å². The highest BCUT2D eigenvalue weighted by Crippen LogP contribution is 2.01. The standard InChI is InChI=1S/C12H24Cl3N3/c13-1-4-16-7-9-17(5-2-14)11-12-18(6-3-15)10-8-16/h1-12H2. The summed E-state index contributed by atoms with van der Waals surface area (Å²) in [4.78, 5) is 7.29. The molecular formula is C12H24Cl3N3. The molecule has 0 spiro atoms. The first-order valence-electron chi connectivity index (χ1n) is 6.65. The van der Waals surface area contributed by atoms with Gasteiger partial charge in [-0.25, -0.2) is 0 Å². The Bertz CT molecular complexity index is 162. The molecule has 6 heteroatoms. The Balaban J connectivity index is 2.50. The van der Waals surface area contributed by atoms with Crippen LogP contribution >= 0.6 is 34.8 Å². The number of nitrogens with zero attached hydrogens (tertiary/aromatic N) is 3. The first-order chi connectivity index (χ1) is 8.80. The molecule has 1 saturated heterocycles. The Morgan fingerprint density at radius 1 is 0.500 bits per heavy atom. The maximum absolute atomic E-state index is 5.85. The second kappa shape index (κ2) is 10.5. The topological polar surface area (TPSA) is 9.72 Å². The van der Waals surface area contributed by atoms with E-state index in [1.165, 1.54) is 0 Å². The molecule has 0 aliphatic carbocycles. The zero-order valence-electron chi connectivity index (χ0n) is 11.0. The average Bonchev–Trinajstić information content (AvgIpc) is 2.45. The normalized spacial score (nSPS) is 21.5. The molecule has 1 heterocycles. The molecule has 108 valence electrons. The van der Waals surface area contributed by atoms with Crippen LogP contribution in [-0.2, 0) is 0 Å². The van der Waals surface area contributed by atoms with Crippen molar-refractivity contribution in [1.29, 1.82) is 0 Å². The van der Waals surface area contributed by atoms with Crippen LogP contribution < -0.4 is 0 Å². The van der Waals surface area contributed by atoms with E-state index in [1.807, 2.05) is 0 Å². The monoisotopic (exact) mass is 315 g/mol. The fourth-order valence-corrected chi connectivity index (χ4v) is 2.93. The number of alkyl halides is 3. The van der Waals surface area contributed by atoms with Gasteiger partial charge in [-0.1, -0.05) is 0 Å². The highest BCUT2D eigenvalue weighted by molar-refractivity contribution is 6.18. The summed E-state index contributed by atoms with van der Waals surface area (Å²) in [5.74, 6) is 2.10. The molecule has 3 nitrogen and oxygen atoms in total. The van der Waals surface area contributed by atoms with Crippen molar-refractivity contribution in [3.8, 4) is 0 Å². The highest BCUT2D eigenvalue weighted by Gasteiger charge is 2.15. The van der Waals surface area contributed by atoms with Crippen molar-refractivity contribution in [3.05, 3.63) is 0 Å². The molecule has 0 radical (unpaired) electrons. The third-order valence-electron chi connectivity index (χ3n) is 3.40. The second-order valence-electron chi connectivity index (χ2n) is 4.59. The lowest BCUT2D eigenvalue weighted by Crippen LogP contribution is -2.37. The third kappa shape index (κ3) is 6.78. The molecule has 1 fully saturated rings. The van der Waals surface area contributed by atoms with Gasteiger partial charge < -0.3 is 0 Å². The average molecular weight is 317 g/mol. The Kier molecular flexibility index (Phi) is 9.83. The zero-order valence-corrected chi connectivity index (χ0v) is 13.2. The minimum absolute atomic E-state index is 0.699. The van der Waals surface area contributed by atoms with E-state index in [0.29, 0.717) is 17.6 Å². The first-order valence-corrected chi connectivity index (χ1v) is 8.25. The van der Waals surface area contributed by atoms with Crippen molar-refractivity contribution in [3.63, 3.8) is 0 Å². The Morgan fingerprint density at radius 2 is 0.722 bits per heavy atom. The van der Waals surface area contributed by atoms with Gasteiger partial charge in [0.15, 0.2) is 0 Å². The van der Waals surface area contributed by atoms with Crippen molar-refractivity contribution in [2.75, 3.05) is 76.5 Å². The molecule has 0 N–H and O–H groups in total. The SMILES string of the molecule is ClCCN1CCN(CCCl)CCN(CCCl)CC1. The van der Waals surface area contributed by atoms with Crippen molar-refractivity contribution in [2.45, 2.75) is 0 Å². The zero-order chi connectivity index (χ0) is 13.2. The van der Waals surface area contributed by atoms with Gasteiger partial charge in [-0.3, -0.25) is 14.7 Å². The summed E-state index contributed by atoms with van der Waals surface area (Å²) < 4.78 is 0. The predicted molar refractivity (Wildman–Crippen MR) is 81.5 cm³/mol. The molecule has 0 atom stereocenters. The van der Waals surface area contributed by atoms with Crippen molar-refractivity contribution in [2.24, 2.45) is 0 Å². The summed E-state index contributed by atoms with van der Waals surface area (Å²) in [6.45, 7) is 9.38. The maximum atomic E-state index is 5.85. The summed E-state index contributed by atoms with van der Waals surface area (Å²) in [7, 11) is 0. The smallest absolute Gasteiger partial charge is 0.0351 e. The van der Waals surface area contributed by atoms with Crippen molar-refractivity contribution >= 4 is 34.8 Å². The molecule has 0 aromatic carbocycles. The van der Waals surface area contributed by atoms with Crippen LogP contribution in [0.15, 0.2) is 0 Å². The van der Waals surface area contributed by atoms with Crippen LogP contribution in [0.25, 0.3) is 0 Å². The molecule has 0 amide bonds. The van der Waals surface area contributed by atoms with Gasteiger partial charge in [-0.15, -0.1) is 34.8 Å². The molecule has 0 bridgehead atoms. The molecule has 0 aromatic heterocycles. The van der Waals surface area contributed by atoms with Gasteiger partial charge in [0.05, 0.1) is 0 Å². The third-order valence-corrected chi connectivity index (χ3v) is 3.91. The van der Waals surface area contributed by atoms with E-state index in [1.54, 1.807) is 0 Å². The van der Waals surface area contributed by atoms with Crippen LogP contribution in [0.2, 0.25) is 0 Å². The Morgan fingerprint density at radius 3 is 0.889 bits per heavy atom. The van der Waals surface area contributed by atoms with Gasteiger partial charge in [0.2, 0.25) is 0 Å². The van der Waals surface area contributed by atoms with E-state index in [2.05, 4.69) is 14.7 Å². The van der Waals surface area contributed by atoms with Gasteiger partial charge in [0, 0.05) is 76.5 Å². The minimum atomic E-state index is 0.699. The van der Waals surface area contributed by atoms with Gasteiger partial charge in [0.1, 0.15) is 0 Å². The van der Waals surface area contributed by atoms with Crippen LogP contribution in [0.3, 0.4) is 0 Å². The van der Waals surface area contributed by atoms with Crippen LogP contribution in [0.5, 0.6) is 0 Å². The number of hydrogen-bond acceptors (Lipinski definition) is 3. The molecule has 18 heavy (non-hydrogen) atoms. The Hall–Kier alpha value is 0.750. The van der Waals surface area contributed by atoms with Crippen molar-refractivity contribution in [1.82, 2.24) is 14.7 Å². The summed E-state index contributed by atoms with van der Waals surface area (Å²) in [5.41, 5.74) is 0. The van der Waals surface area contributed by atoms with Crippen molar-refractivity contribution < 1.29 is 0 Å². The van der Waals surface area contributed by atoms with E-state index < -0.39 is 0 Å². The summed E-state index contributed by atoms with van der Waals surface area (Å²) in [6, 6.07) is 0. The molecule has 0 saturated carbocycles. The van der Waals surface area contributed by atoms with E-state index in [4.69, 9.17) is 34.8 Å². The number of rotatable bonds is 6. The van der Waals surface area contributed by atoms with Crippen LogP contribution in [-0.4, -0.2) is 91.2 Å². The summed E-state index contributed by atoms with van der Waals surface area (Å²) >= 11 is 17.6. The largest absolute Gasteiger partial charge is 0.300 e. The lowest BCUT2D eigenvalue weighted by Gasteiger charge is -2.24. The molecule has 0 aromatic rings. The van der Waals surface area contributed by atoms with E-state index in [-0.39, 0.29) is 0 Å². The van der Waals surface area contributed by atoms with E-state index >= 15 is 0 Å². The van der Waals surface area contributed by atoms with Gasteiger partial charge in [-0.2, -0.15) is 0 Å². The number of hydrogen-bond donors (Lipinski definition) is 0. The lowest BCUT2D eigenvalue weighted by molar-refractivity contribution is 0.234. The fourth-order valence-electron chi connectivity index (χ4n) is 2.21. The molecule has 1 aliphatic rings. The minimum Gasteiger partial charge on any atom is -0.300 e. The Labute approximate surface area is 126 Å². The van der Waals surface area contributed by atoms with Gasteiger partial charge in [-0.05, 0) is 0 Å². The molecule has 0 unspecified atom stereocenters. The second-order valence-corrected chi connectivity index (χ2v) is 5.73.